The number of hydrogen-bond donors (Lipinski definition) is 2. The van der Waals surface area contributed by atoms with Gasteiger partial charge in [-0.25, -0.2) is 4.98 Å². The van der Waals surface area contributed by atoms with Crippen LogP contribution in [0.25, 0.3) is 11.0 Å². The van der Waals surface area contributed by atoms with Crippen molar-refractivity contribution in [2.75, 3.05) is 24.5 Å². The summed E-state index contributed by atoms with van der Waals surface area (Å²) in [6.07, 6.45) is 2.47. The van der Waals surface area contributed by atoms with Crippen molar-refractivity contribution in [3.05, 3.63) is 24.3 Å². The van der Waals surface area contributed by atoms with Crippen molar-refractivity contribution in [2.24, 2.45) is 5.92 Å². The van der Waals surface area contributed by atoms with Crippen LogP contribution in [0.5, 0.6) is 0 Å². The van der Waals surface area contributed by atoms with Crippen LogP contribution in [0.2, 0.25) is 0 Å². The highest BCUT2D eigenvalue weighted by Gasteiger charge is 2.22. The van der Waals surface area contributed by atoms with Crippen LogP contribution in [-0.2, 0) is 0 Å². The average molecular weight is 286 g/mol. The lowest BCUT2D eigenvalue weighted by Gasteiger charge is -2.33. The molecule has 1 aromatic heterocycles. The molecular weight excluding hydrogens is 260 g/mol. The van der Waals surface area contributed by atoms with Gasteiger partial charge in [-0.15, -0.1) is 0 Å². The highest BCUT2D eigenvalue weighted by Crippen LogP contribution is 2.23. The van der Waals surface area contributed by atoms with Crippen LogP contribution in [-0.4, -0.2) is 35.1 Å². The van der Waals surface area contributed by atoms with E-state index in [1.54, 1.807) is 0 Å². The Bertz CT molecular complexity index is 555. The number of H-pyrrole nitrogens is 1. The number of hydrogen-bond acceptors (Lipinski definition) is 3. The molecule has 0 unspecified atom stereocenters. The standard InChI is InChI=1S/C17H26N4/c1-17(2,3)18-12-13-8-10-21(11-9-13)16-19-14-6-4-5-7-15(14)20-16/h4-7,13,18H,8-12H2,1-3H3,(H,19,20). The summed E-state index contributed by atoms with van der Waals surface area (Å²) in [5.41, 5.74) is 2.41. The number of nitrogens with zero attached hydrogens (tertiary/aromatic N) is 2. The number of rotatable bonds is 3. The van der Waals surface area contributed by atoms with E-state index in [1.807, 2.05) is 6.07 Å². The Morgan fingerprint density at radius 1 is 1.24 bits per heavy atom. The van der Waals surface area contributed by atoms with Crippen molar-refractivity contribution in [1.29, 1.82) is 0 Å². The summed E-state index contributed by atoms with van der Waals surface area (Å²) >= 11 is 0. The van der Waals surface area contributed by atoms with Gasteiger partial charge in [0.05, 0.1) is 11.0 Å². The van der Waals surface area contributed by atoms with Crippen LogP contribution in [0.1, 0.15) is 33.6 Å². The molecule has 1 aliphatic heterocycles. The molecule has 2 heterocycles. The van der Waals surface area contributed by atoms with Gasteiger partial charge in [0.25, 0.3) is 0 Å². The maximum Gasteiger partial charge on any atom is 0.203 e. The molecule has 1 aromatic carbocycles. The van der Waals surface area contributed by atoms with E-state index in [0.717, 1.165) is 42.5 Å². The summed E-state index contributed by atoms with van der Waals surface area (Å²) in [5.74, 6) is 1.81. The van der Waals surface area contributed by atoms with Crippen LogP contribution in [0, 0.1) is 5.92 Å². The zero-order valence-electron chi connectivity index (χ0n) is 13.3. The van der Waals surface area contributed by atoms with E-state index < -0.39 is 0 Å². The van der Waals surface area contributed by atoms with E-state index >= 15 is 0 Å². The quantitative estimate of drug-likeness (QED) is 0.911. The van der Waals surface area contributed by atoms with Crippen molar-refractivity contribution in [3.63, 3.8) is 0 Å². The second-order valence-electron chi connectivity index (χ2n) is 7.14. The molecule has 114 valence electrons. The van der Waals surface area contributed by atoms with Crippen molar-refractivity contribution in [2.45, 2.75) is 39.2 Å². The summed E-state index contributed by atoms with van der Waals surface area (Å²) < 4.78 is 0. The number of nitrogens with one attached hydrogen (secondary N) is 2. The van der Waals surface area contributed by atoms with Crippen LogP contribution in [0.3, 0.4) is 0 Å². The van der Waals surface area contributed by atoms with Crippen LogP contribution >= 0.6 is 0 Å². The van der Waals surface area contributed by atoms with Crippen LogP contribution < -0.4 is 10.2 Å². The first-order chi connectivity index (χ1) is 10.0. The Labute approximate surface area is 126 Å². The van der Waals surface area contributed by atoms with E-state index in [-0.39, 0.29) is 5.54 Å². The summed E-state index contributed by atoms with van der Waals surface area (Å²) in [6.45, 7) is 10.0. The van der Waals surface area contributed by atoms with Gasteiger partial charge in [0.1, 0.15) is 0 Å². The molecule has 4 nitrogen and oxygen atoms in total. The van der Waals surface area contributed by atoms with Crippen molar-refractivity contribution >= 4 is 17.0 Å². The third-order valence-corrected chi connectivity index (χ3v) is 4.21. The third kappa shape index (κ3) is 3.56. The molecular formula is C17H26N4. The van der Waals surface area contributed by atoms with E-state index in [9.17, 15) is 0 Å². The van der Waals surface area contributed by atoms with E-state index in [4.69, 9.17) is 4.98 Å². The molecule has 0 bridgehead atoms. The highest BCUT2D eigenvalue weighted by atomic mass is 15.3. The normalized spacial score (nSPS) is 17.6. The lowest BCUT2D eigenvalue weighted by atomic mass is 9.95. The molecule has 2 aromatic rings. The molecule has 2 N–H and O–H groups in total. The number of imidazole rings is 1. The molecule has 0 radical (unpaired) electrons. The average Bonchev–Trinajstić information content (AvgIpc) is 2.89. The monoisotopic (exact) mass is 286 g/mol. The number of para-hydroxylation sites is 2. The number of piperidine rings is 1. The Balaban J connectivity index is 1.58. The van der Waals surface area contributed by atoms with Gasteiger partial charge in [-0.3, -0.25) is 0 Å². The van der Waals surface area contributed by atoms with Gasteiger partial charge in [-0.1, -0.05) is 12.1 Å². The first-order valence-corrected chi connectivity index (χ1v) is 7.96. The summed E-state index contributed by atoms with van der Waals surface area (Å²) in [4.78, 5) is 10.5. The molecule has 0 aliphatic carbocycles. The lowest BCUT2D eigenvalue weighted by Crippen LogP contribution is -2.43. The Morgan fingerprint density at radius 3 is 2.62 bits per heavy atom. The van der Waals surface area contributed by atoms with E-state index in [2.05, 4.69) is 54.2 Å². The van der Waals surface area contributed by atoms with Crippen LogP contribution in [0.4, 0.5) is 5.95 Å². The fourth-order valence-corrected chi connectivity index (χ4v) is 2.89. The molecule has 0 spiro atoms. The predicted molar refractivity (Wildman–Crippen MR) is 88.8 cm³/mol. The molecule has 1 saturated heterocycles. The molecule has 0 saturated carbocycles. The fourth-order valence-electron chi connectivity index (χ4n) is 2.89. The smallest absolute Gasteiger partial charge is 0.203 e. The largest absolute Gasteiger partial charge is 0.342 e. The number of fused-ring (bicyclic) bond motifs is 1. The Morgan fingerprint density at radius 2 is 1.95 bits per heavy atom. The van der Waals surface area contributed by atoms with Crippen molar-refractivity contribution < 1.29 is 0 Å². The zero-order chi connectivity index (χ0) is 14.9. The second-order valence-corrected chi connectivity index (χ2v) is 7.14. The Kier molecular flexibility index (Phi) is 3.89. The number of benzene rings is 1. The predicted octanol–water partition coefficient (Wildman–Crippen LogP) is 3.17. The topological polar surface area (TPSA) is 44.0 Å². The summed E-state index contributed by atoms with van der Waals surface area (Å²) in [5, 5.41) is 3.63. The maximum atomic E-state index is 4.70. The molecule has 0 amide bonds. The number of anilines is 1. The maximum absolute atomic E-state index is 4.70. The molecule has 3 rings (SSSR count). The van der Waals surface area contributed by atoms with Gasteiger partial charge in [0, 0.05) is 18.6 Å². The van der Waals surface area contributed by atoms with E-state index in [0.29, 0.717) is 0 Å². The zero-order valence-corrected chi connectivity index (χ0v) is 13.3. The van der Waals surface area contributed by atoms with Crippen molar-refractivity contribution in [3.8, 4) is 0 Å². The van der Waals surface area contributed by atoms with Crippen LogP contribution in [0.15, 0.2) is 24.3 Å². The van der Waals surface area contributed by atoms with Gasteiger partial charge in [0.2, 0.25) is 5.95 Å². The molecule has 1 fully saturated rings. The Hall–Kier alpha value is -1.55. The van der Waals surface area contributed by atoms with Gasteiger partial charge in [0.15, 0.2) is 0 Å². The third-order valence-electron chi connectivity index (χ3n) is 4.21. The van der Waals surface area contributed by atoms with Gasteiger partial charge >= 0.3 is 0 Å². The van der Waals surface area contributed by atoms with Gasteiger partial charge in [-0.05, 0) is 58.2 Å². The lowest BCUT2D eigenvalue weighted by molar-refractivity contribution is 0.328. The minimum atomic E-state index is 0.218. The number of aromatic nitrogens is 2. The minimum absolute atomic E-state index is 0.218. The second kappa shape index (κ2) is 5.68. The van der Waals surface area contributed by atoms with E-state index in [1.165, 1.54) is 12.8 Å². The molecule has 1 aliphatic rings. The fraction of sp³-hybridized carbons (Fsp3) is 0.588. The van der Waals surface area contributed by atoms with Crippen molar-refractivity contribution in [1.82, 2.24) is 15.3 Å². The molecule has 4 heteroatoms. The molecule has 0 atom stereocenters. The van der Waals surface area contributed by atoms with Gasteiger partial charge in [-0.2, -0.15) is 0 Å². The number of aromatic amines is 1. The summed E-state index contributed by atoms with van der Waals surface area (Å²) in [7, 11) is 0. The van der Waals surface area contributed by atoms with Gasteiger partial charge < -0.3 is 15.2 Å². The first-order valence-electron chi connectivity index (χ1n) is 7.96. The SMILES string of the molecule is CC(C)(C)NCC1CCN(c2nc3ccccc3[nH]2)CC1. The molecule has 21 heavy (non-hydrogen) atoms. The first kappa shape index (κ1) is 14.4. The summed E-state index contributed by atoms with van der Waals surface area (Å²) in [6, 6.07) is 8.24. The highest BCUT2D eigenvalue weighted by molar-refractivity contribution is 5.77. The minimum Gasteiger partial charge on any atom is -0.342 e.